The number of nitrogens with one attached hydrogen (secondary N) is 2. The van der Waals surface area contributed by atoms with Crippen LogP contribution in [0, 0.1) is 0 Å². The van der Waals surface area contributed by atoms with Crippen LogP contribution in [0.3, 0.4) is 0 Å². The normalized spacial score (nSPS) is 11.7. The molecule has 3 N–H and O–H groups in total. The molecule has 3 aromatic rings. The molecule has 0 bridgehead atoms. The fraction of sp³-hybridized carbons (Fsp3) is 0.192. The molecule has 0 radical (unpaired) electrons. The van der Waals surface area contributed by atoms with Crippen molar-refractivity contribution in [1.29, 1.82) is 0 Å². The SMILES string of the molecule is CN(CCO)Cc1ccc(C(=O)Nc2ccc(Cl)cc2C(=O)N/N=C/c2ccc(Cl)c(C(F)(F)F)c2)cc1. The standard InChI is InChI=1S/C26H23Cl2F3N4O3/c1-35(10-11-36)15-16-2-5-18(6-3-16)24(37)33-23-9-7-19(27)13-20(23)25(38)34-32-14-17-4-8-22(28)21(12-17)26(29,30)31/h2-9,12-14,36H,10-11,15H2,1H3,(H,33,37)(H,34,38)/b32-14+. The van der Waals surface area contributed by atoms with Crippen molar-refractivity contribution in [1.82, 2.24) is 10.3 Å². The number of halogens is 5. The van der Waals surface area contributed by atoms with Crippen LogP contribution in [0.4, 0.5) is 18.9 Å². The molecule has 200 valence electrons. The van der Waals surface area contributed by atoms with Gasteiger partial charge < -0.3 is 10.4 Å². The highest BCUT2D eigenvalue weighted by Gasteiger charge is 2.33. The summed E-state index contributed by atoms with van der Waals surface area (Å²) in [5.41, 5.74) is 2.71. The summed E-state index contributed by atoms with van der Waals surface area (Å²) in [6.07, 6.45) is -3.61. The maximum absolute atomic E-state index is 13.1. The fourth-order valence-corrected chi connectivity index (χ4v) is 3.79. The third-order valence-corrected chi connectivity index (χ3v) is 5.86. The molecule has 12 heteroatoms. The van der Waals surface area contributed by atoms with Gasteiger partial charge in [0.25, 0.3) is 11.8 Å². The first-order chi connectivity index (χ1) is 18.0. The van der Waals surface area contributed by atoms with E-state index in [1.165, 1.54) is 24.3 Å². The van der Waals surface area contributed by atoms with Crippen molar-refractivity contribution < 1.29 is 27.9 Å². The molecule has 0 spiro atoms. The number of likely N-dealkylation sites (N-methyl/N-ethyl adjacent to an activating group) is 1. The second kappa shape index (κ2) is 12.9. The largest absolute Gasteiger partial charge is 0.417 e. The lowest BCUT2D eigenvalue weighted by Gasteiger charge is -2.15. The first-order valence-electron chi connectivity index (χ1n) is 11.2. The summed E-state index contributed by atoms with van der Waals surface area (Å²) in [4.78, 5) is 27.5. The van der Waals surface area contributed by atoms with Gasteiger partial charge in [0.2, 0.25) is 0 Å². The molecule has 0 aromatic heterocycles. The Bertz CT molecular complexity index is 1330. The number of hydrazone groups is 1. The highest BCUT2D eigenvalue weighted by atomic mass is 35.5. The van der Waals surface area contributed by atoms with Crippen molar-refractivity contribution in [2.24, 2.45) is 5.10 Å². The topological polar surface area (TPSA) is 94.0 Å². The summed E-state index contributed by atoms with van der Waals surface area (Å²) in [6.45, 7) is 1.15. The number of amides is 2. The van der Waals surface area contributed by atoms with Crippen LogP contribution in [0.5, 0.6) is 0 Å². The molecule has 0 unspecified atom stereocenters. The van der Waals surface area contributed by atoms with E-state index in [4.69, 9.17) is 28.3 Å². The molecule has 0 aliphatic carbocycles. The number of hydrogen-bond donors (Lipinski definition) is 3. The smallest absolute Gasteiger partial charge is 0.395 e. The number of carbonyl (C=O) groups excluding carboxylic acids is 2. The van der Waals surface area contributed by atoms with Crippen LogP contribution in [-0.2, 0) is 12.7 Å². The van der Waals surface area contributed by atoms with Crippen LogP contribution in [0.1, 0.15) is 37.4 Å². The number of rotatable bonds is 9. The van der Waals surface area contributed by atoms with E-state index in [0.717, 1.165) is 23.9 Å². The highest BCUT2D eigenvalue weighted by Crippen LogP contribution is 2.34. The van der Waals surface area contributed by atoms with Gasteiger partial charge in [0.1, 0.15) is 0 Å². The summed E-state index contributed by atoms with van der Waals surface area (Å²) in [5, 5.41) is 15.2. The monoisotopic (exact) mass is 566 g/mol. The van der Waals surface area contributed by atoms with Crippen molar-refractivity contribution in [2.45, 2.75) is 12.7 Å². The number of anilines is 1. The number of nitrogens with zero attached hydrogens (tertiary/aromatic N) is 2. The number of alkyl halides is 3. The first kappa shape index (κ1) is 29.1. The van der Waals surface area contributed by atoms with E-state index >= 15 is 0 Å². The number of hydrogen-bond acceptors (Lipinski definition) is 5. The lowest BCUT2D eigenvalue weighted by Crippen LogP contribution is -2.22. The van der Waals surface area contributed by atoms with E-state index in [9.17, 15) is 22.8 Å². The van der Waals surface area contributed by atoms with Gasteiger partial charge in [-0.05, 0) is 60.6 Å². The van der Waals surface area contributed by atoms with Gasteiger partial charge in [0, 0.05) is 23.7 Å². The summed E-state index contributed by atoms with van der Waals surface area (Å²) < 4.78 is 39.2. The predicted octanol–water partition coefficient (Wildman–Crippen LogP) is 5.45. The molecular formula is C26H23Cl2F3N4O3. The Kier molecular flexibility index (Phi) is 9.87. The van der Waals surface area contributed by atoms with Gasteiger partial charge in [-0.1, -0.05) is 41.4 Å². The maximum Gasteiger partial charge on any atom is 0.417 e. The molecule has 0 saturated heterocycles. The van der Waals surface area contributed by atoms with Gasteiger partial charge in [-0.3, -0.25) is 14.5 Å². The Morgan fingerprint density at radius 1 is 1.03 bits per heavy atom. The van der Waals surface area contributed by atoms with Gasteiger partial charge >= 0.3 is 6.18 Å². The zero-order valence-corrected chi connectivity index (χ0v) is 21.5. The second-order valence-corrected chi connectivity index (χ2v) is 9.08. The fourth-order valence-electron chi connectivity index (χ4n) is 3.40. The number of carbonyl (C=O) groups is 2. The molecule has 2 amide bonds. The van der Waals surface area contributed by atoms with Crippen molar-refractivity contribution in [3.63, 3.8) is 0 Å². The minimum atomic E-state index is -4.64. The molecule has 0 saturated carbocycles. The Hall–Kier alpha value is -3.44. The van der Waals surface area contributed by atoms with E-state index in [1.807, 2.05) is 11.9 Å². The van der Waals surface area contributed by atoms with E-state index in [-0.39, 0.29) is 28.4 Å². The van der Waals surface area contributed by atoms with E-state index in [0.29, 0.717) is 18.7 Å². The molecule has 3 aromatic carbocycles. The lowest BCUT2D eigenvalue weighted by molar-refractivity contribution is -0.137. The first-order valence-corrected chi connectivity index (χ1v) is 11.9. The van der Waals surface area contributed by atoms with Gasteiger partial charge in [-0.25, -0.2) is 5.43 Å². The minimum Gasteiger partial charge on any atom is -0.395 e. The van der Waals surface area contributed by atoms with Crippen molar-refractivity contribution in [3.05, 3.63) is 98.5 Å². The number of aliphatic hydroxyl groups is 1. The molecule has 7 nitrogen and oxygen atoms in total. The van der Waals surface area contributed by atoms with Crippen molar-refractivity contribution in [3.8, 4) is 0 Å². The Balaban J connectivity index is 1.71. The second-order valence-electron chi connectivity index (χ2n) is 8.24. The zero-order chi connectivity index (χ0) is 27.9. The van der Waals surface area contributed by atoms with Crippen molar-refractivity contribution in [2.75, 3.05) is 25.5 Å². The Labute approximate surface area is 226 Å². The average molecular weight is 567 g/mol. The van der Waals surface area contributed by atoms with Gasteiger partial charge in [0.15, 0.2) is 0 Å². The lowest BCUT2D eigenvalue weighted by atomic mass is 10.1. The maximum atomic E-state index is 13.1. The number of benzene rings is 3. The summed E-state index contributed by atoms with van der Waals surface area (Å²) in [7, 11) is 1.86. The van der Waals surface area contributed by atoms with Crippen LogP contribution < -0.4 is 10.7 Å². The molecule has 3 rings (SSSR count). The van der Waals surface area contributed by atoms with Crippen LogP contribution in [0.15, 0.2) is 65.8 Å². The van der Waals surface area contributed by atoms with Crippen LogP contribution in [0.2, 0.25) is 10.0 Å². The molecule has 0 fully saturated rings. The quantitative estimate of drug-likeness (QED) is 0.237. The van der Waals surface area contributed by atoms with Gasteiger partial charge in [-0.15, -0.1) is 0 Å². The van der Waals surface area contributed by atoms with E-state index < -0.39 is 28.6 Å². The van der Waals surface area contributed by atoms with Crippen LogP contribution in [0.25, 0.3) is 0 Å². The van der Waals surface area contributed by atoms with E-state index in [1.54, 1.807) is 24.3 Å². The molecule has 0 aliphatic heterocycles. The summed E-state index contributed by atoms with van der Waals surface area (Å²) in [5.74, 6) is -1.22. The summed E-state index contributed by atoms with van der Waals surface area (Å²) >= 11 is 11.6. The molecule has 0 aliphatic rings. The Morgan fingerprint density at radius 3 is 2.39 bits per heavy atom. The number of aliphatic hydroxyl groups excluding tert-OH is 1. The van der Waals surface area contributed by atoms with Crippen LogP contribution >= 0.6 is 23.2 Å². The average Bonchev–Trinajstić information content (AvgIpc) is 2.86. The van der Waals surface area contributed by atoms with Gasteiger partial charge in [-0.2, -0.15) is 18.3 Å². The zero-order valence-electron chi connectivity index (χ0n) is 20.0. The third kappa shape index (κ3) is 8.03. The minimum absolute atomic E-state index is 0.00247. The third-order valence-electron chi connectivity index (χ3n) is 5.30. The molecular weight excluding hydrogens is 544 g/mol. The van der Waals surface area contributed by atoms with Crippen LogP contribution in [-0.4, -0.2) is 48.2 Å². The molecule has 0 heterocycles. The highest BCUT2D eigenvalue weighted by molar-refractivity contribution is 6.31. The Morgan fingerprint density at radius 2 is 1.74 bits per heavy atom. The predicted molar refractivity (Wildman–Crippen MR) is 141 cm³/mol. The molecule has 0 atom stereocenters. The van der Waals surface area contributed by atoms with Crippen molar-refractivity contribution >= 4 is 46.9 Å². The molecule has 38 heavy (non-hydrogen) atoms. The van der Waals surface area contributed by atoms with E-state index in [2.05, 4.69) is 15.8 Å². The summed E-state index contributed by atoms with van der Waals surface area (Å²) in [6, 6.07) is 14.3. The van der Waals surface area contributed by atoms with Gasteiger partial charge in [0.05, 0.1) is 34.7 Å².